The van der Waals surface area contributed by atoms with Crippen molar-refractivity contribution in [3.8, 4) is 11.5 Å². The van der Waals surface area contributed by atoms with E-state index < -0.39 is 23.2 Å². The second-order valence-electron chi connectivity index (χ2n) is 9.15. The van der Waals surface area contributed by atoms with E-state index in [4.69, 9.17) is 18.9 Å². The molecule has 182 valence electrons. The summed E-state index contributed by atoms with van der Waals surface area (Å²) in [5.41, 5.74) is 0.0614. The predicted octanol–water partition coefficient (Wildman–Crippen LogP) is 6.53. The number of ketones is 1. The Morgan fingerprint density at radius 1 is 1.03 bits per heavy atom. The molecule has 1 aliphatic rings. The topological polar surface area (TPSA) is 71.1 Å². The van der Waals surface area contributed by atoms with Gasteiger partial charge < -0.3 is 18.9 Å². The number of rotatable bonds is 6. The van der Waals surface area contributed by atoms with Crippen molar-refractivity contribution < 1.29 is 32.9 Å². The van der Waals surface area contributed by atoms with Gasteiger partial charge in [-0.15, -0.1) is 0 Å². The summed E-state index contributed by atoms with van der Waals surface area (Å²) in [5.74, 6) is -0.371. The second-order valence-corrected chi connectivity index (χ2v) is 9.15. The summed E-state index contributed by atoms with van der Waals surface area (Å²) in [6.45, 7) is 12.3. The fraction of sp³-hybridized carbons (Fsp3) is 0.407. The third-order valence-electron chi connectivity index (χ3n) is 5.55. The molecule has 0 fully saturated rings. The van der Waals surface area contributed by atoms with Crippen molar-refractivity contribution in [1.29, 1.82) is 0 Å². The molecule has 0 unspecified atom stereocenters. The molecule has 0 spiro atoms. The first-order chi connectivity index (χ1) is 15.9. The molecule has 3 rings (SSSR count). The number of ether oxygens (including phenoxy) is 4. The first-order valence-corrected chi connectivity index (χ1v) is 11.3. The Hall–Kier alpha value is -3.19. The van der Waals surface area contributed by atoms with Crippen molar-refractivity contribution in [3.63, 3.8) is 0 Å². The fourth-order valence-electron chi connectivity index (χ4n) is 4.06. The highest BCUT2D eigenvalue weighted by Gasteiger charge is 2.49. The van der Waals surface area contributed by atoms with Crippen LogP contribution in [0.15, 0.2) is 42.2 Å². The minimum Gasteiger partial charge on any atom is -0.454 e. The Labute approximate surface area is 199 Å². The Morgan fingerprint density at radius 2 is 1.74 bits per heavy atom. The molecule has 0 atom stereocenters. The van der Waals surface area contributed by atoms with E-state index in [1.807, 2.05) is 13.0 Å². The van der Waals surface area contributed by atoms with Gasteiger partial charge in [0.15, 0.2) is 23.1 Å². The summed E-state index contributed by atoms with van der Waals surface area (Å²) in [7, 11) is 0. The van der Waals surface area contributed by atoms with Crippen molar-refractivity contribution >= 4 is 17.5 Å². The van der Waals surface area contributed by atoms with Crippen LogP contribution in [0.2, 0.25) is 0 Å². The van der Waals surface area contributed by atoms with Gasteiger partial charge in [0.25, 0.3) is 0 Å². The second kappa shape index (κ2) is 9.58. The molecule has 0 amide bonds. The first kappa shape index (κ1) is 25.4. The molecule has 0 radical (unpaired) electrons. The van der Waals surface area contributed by atoms with Gasteiger partial charge in [-0.1, -0.05) is 19.1 Å². The van der Waals surface area contributed by atoms with E-state index in [1.54, 1.807) is 65.8 Å². The molecule has 7 heteroatoms. The third kappa shape index (κ3) is 5.14. The van der Waals surface area contributed by atoms with Crippen LogP contribution in [0.25, 0.3) is 5.57 Å². The lowest BCUT2D eigenvalue weighted by molar-refractivity contribution is -0.158. The average Bonchev–Trinajstić information content (AvgIpc) is 2.74. The number of halogens is 1. The van der Waals surface area contributed by atoms with Crippen LogP contribution >= 0.6 is 0 Å². The fourth-order valence-corrected chi connectivity index (χ4v) is 4.06. The van der Waals surface area contributed by atoms with Crippen LogP contribution < -0.4 is 4.74 Å². The number of carbonyl (C=O) groups excluding carboxylic acids is 2. The van der Waals surface area contributed by atoms with E-state index in [0.717, 1.165) is 11.1 Å². The normalized spacial score (nSPS) is 16.9. The lowest BCUT2D eigenvalue weighted by atomic mass is 9.81. The third-order valence-corrected chi connectivity index (χ3v) is 5.55. The van der Waals surface area contributed by atoms with Gasteiger partial charge in [0.05, 0.1) is 12.2 Å². The molecule has 0 aliphatic carbocycles. The first-order valence-electron chi connectivity index (χ1n) is 11.3. The van der Waals surface area contributed by atoms with Crippen LogP contribution in [-0.4, -0.2) is 29.7 Å². The molecule has 6 nitrogen and oxygen atoms in total. The monoisotopic (exact) mass is 470 g/mol. The lowest BCUT2D eigenvalue weighted by Gasteiger charge is -2.42. The van der Waals surface area contributed by atoms with E-state index >= 15 is 0 Å². The van der Waals surface area contributed by atoms with Crippen molar-refractivity contribution in [1.82, 2.24) is 0 Å². The Bertz CT molecular complexity index is 1150. The summed E-state index contributed by atoms with van der Waals surface area (Å²) >= 11 is 0. The molecular formula is C27H31FO6. The van der Waals surface area contributed by atoms with Crippen LogP contribution in [0, 0.1) is 12.7 Å². The Kier molecular flexibility index (Phi) is 7.17. The van der Waals surface area contributed by atoms with Gasteiger partial charge >= 0.3 is 6.16 Å². The Balaban J connectivity index is 2.20. The minimum absolute atomic E-state index is 0.0589. The number of hydrogen-bond donors (Lipinski definition) is 0. The number of carbonyl (C=O) groups is 2. The standard InChI is InChI=1S/C27H31FO6/c1-8-17-11-12-18(32-21-13-10-16(3)14-20(21)28)15-19(17)22-23(29)26(4,5)34-27(6,7)24(22)33-25(30)31-9-2/h10-15H,8-9H2,1-7H3. The largest absolute Gasteiger partial charge is 0.513 e. The summed E-state index contributed by atoms with van der Waals surface area (Å²) in [6.07, 6.45) is -0.328. The van der Waals surface area contributed by atoms with E-state index in [9.17, 15) is 14.0 Å². The Morgan fingerprint density at radius 3 is 2.35 bits per heavy atom. The van der Waals surface area contributed by atoms with Crippen LogP contribution in [0.5, 0.6) is 11.5 Å². The van der Waals surface area contributed by atoms with Gasteiger partial charge in [-0.05, 0) is 88.9 Å². The molecule has 0 saturated heterocycles. The van der Waals surface area contributed by atoms with Gasteiger partial charge in [-0.3, -0.25) is 4.79 Å². The molecule has 2 aromatic carbocycles. The van der Waals surface area contributed by atoms with E-state index in [-0.39, 0.29) is 29.5 Å². The van der Waals surface area contributed by atoms with Crippen LogP contribution in [0.4, 0.5) is 9.18 Å². The van der Waals surface area contributed by atoms with Gasteiger partial charge in [0.2, 0.25) is 0 Å². The zero-order valence-electron chi connectivity index (χ0n) is 20.7. The molecule has 0 aromatic heterocycles. The molecule has 2 aromatic rings. The highest BCUT2D eigenvalue weighted by atomic mass is 19.1. The molecule has 1 aliphatic heterocycles. The number of aryl methyl sites for hydroxylation is 2. The van der Waals surface area contributed by atoms with Gasteiger partial charge in [0.1, 0.15) is 17.0 Å². The summed E-state index contributed by atoms with van der Waals surface area (Å²) in [4.78, 5) is 25.9. The van der Waals surface area contributed by atoms with Crippen molar-refractivity contribution in [2.45, 2.75) is 66.1 Å². The maximum Gasteiger partial charge on any atom is 0.513 e. The van der Waals surface area contributed by atoms with Crippen molar-refractivity contribution in [3.05, 3.63) is 64.7 Å². The quantitative estimate of drug-likeness (QED) is 0.447. The molecule has 0 bridgehead atoms. The minimum atomic E-state index is -1.18. The summed E-state index contributed by atoms with van der Waals surface area (Å²) in [6, 6.07) is 9.89. The molecular weight excluding hydrogens is 439 g/mol. The van der Waals surface area contributed by atoms with Gasteiger partial charge in [0, 0.05) is 0 Å². The smallest absolute Gasteiger partial charge is 0.454 e. The zero-order valence-corrected chi connectivity index (χ0v) is 20.7. The number of hydrogen-bond acceptors (Lipinski definition) is 6. The molecule has 34 heavy (non-hydrogen) atoms. The predicted molar refractivity (Wildman–Crippen MR) is 126 cm³/mol. The summed E-state index contributed by atoms with van der Waals surface area (Å²) < 4.78 is 36.7. The molecule has 0 N–H and O–H groups in total. The SMILES string of the molecule is CCOC(=O)OC1=C(c2cc(Oc3ccc(C)cc3F)ccc2CC)C(=O)C(C)(C)OC1(C)C. The lowest BCUT2D eigenvalue weighted by Crippen LogP contribution is -2.50. The number of Topliss-reactive ketones (excluding diaryl/α,β-unsaturated/α-hetero) is 1. The van der Waals surface area contributed by atoms with Crippen LogP contribution in [0.1, 0.15) is 58.2 Å². The zero-order chi connectivity index (χ0) is 25.3. The summed E-state index contributed by atoms with van der Waals surface area (Å²) in [5, 5.41) is 0. The van der Waals surface area contributed by atoms with Crippen molar-refractivity contribution in [2.75, 3.05) is 6.61 Å². The van der Waals surface area contributed by atoms with E-state index in [0.29, 0.717) is 17.7 Å². The van der Waals surface area contributed by atoms with Crippen LogP contribution in [0.3, 0.4) is 0 Å². The maximum atomic E-state index is 14.4. The van der Waals surface area contributed by atoms with Crippen LogP contribution in [-0.2, 0) is 25.4 Å². The van der Waals surface area contributed by atoms with E-state index in [1.165, 1.54) is 6.07 Å². The van der Waals surface area contributed by atoms with E-state index in [2.05, 4.69) is 0 Å². The average molecular weight is 471 g/mol. The highest BCUT2D eigenvalue weighted by molar-refractivity contribution is 6.26. The molecule has 1 heterocycles. The van der Waals surface area contributed by atoms with Gasteiger partial charge in [-0.25, -0.2) is 9.18 Å². The highest BCUT2D eigenvalue weighted by Crippen LogP contribution is 2.43. The van der Waals surface area contributed by atoms with Gasteiger partial charge in [-0.2, -0.15) is 0 Å². The maximum absolute atomic E-state index is 14.4. The van der Waals surface area contributed by atoms with Crippen molar-refractivity contribution in [2.24, 2.45) is 0 Å². The molecule has 0 saturated carbocycles. The number of benzene rings is 2.